The molecule has 1 aromatic carbocycles. The van der Waals surface area contributed by atoms with Crippen LogP contribution in [0.1, 0.15) is 12.0 Å². The Bertz CT molecular complexity index is 956. The summed E-state index contributed by atoms with van der Waals surface area (Å²) in [6.07, 6.45) is 0.520. The topological polar surface area (TPSA) is 118 Å². The normalized spacial score (nSPS) is 19.5. The number of nitrogens with one attached hydrogen (secondary N) is 2. The lowest BCUT2D eigenvalue weighted by atomic mass is 10.2. The van der Waals surface area contributed by atoms with Crippen LogP contribution in [0.5, 0.6) is 0 Å². The minimum atomic E-state index is -3.73. The zero-order valence-corrected chi connectivity index (χ0v) is 15.1. The van der Waals surface area contributed by atoms with Gasteiger partial charge in [-0.3, -0.25) is 4.72 Å². The van der Waals surface area contributed by atoms with E-state index in [1.54, 1.807) is 18.2 Å². The van der Waals surface area contributed by atoms with Crippen LogP contribution in [0.2, 0.25) is 0 Å². The number of rotatable bonds is 5. The highest BCUT2D eigenvalue weighted by Gasteiger charge is 2.28. The molecule has 0 radical (unpaired) electrons. The molecule has 2 N–H and O–H groups in total. The van der Waals surface area contributed by atoms with Crippen LogP contribution in [0, 0.1) is 6.92 Å². The highest BCUT2D eigenvalue weighted by Crippen LogP contribution is 2.18. The minimum Gasteiger partial charge on any atom is -0.365 e. The lowest BCUT2D eigenvalue weighted by molar-refractivity contribution is 0.599. The number of hydrogen-bond donors (Lipinski definition) is 2. The molecule has 2 aromatic rings. The third-order valence-electron chi connectivity index (χ3n) is 3.82. The Kier molecular flexibility index (Phi) is 4.65. The maximum Gasteiger partial charge on any atom is 0.263 e. The summed E-state index contributed by atoms with van der Waals surface area (Å²) in [4.78, 5) is 0.137. The molecule has 0 saturated carbocycles. The fourth-order valence-electron chi connectivity index (χ4n) is 2.50. The quantitative estimate of drug-likeness (QED) is 0.797. The van der Waals surface area contributed by atoms with E-state index in [0.717, 1.165) is 5.56 Å². The molecule has 1 aliphatic rings. The van der Waals surface area contributed by atoms with Gasteiger partial charge in [-0.2, -0.15) is 0 Å². The predicted octanol–water partition coefficient (Wildman–Crippen LogP) is 1.18. The fraction of sp³-hybridized carbons (Fsp3) is 0.333. The predicted molar refractivity (Wildman–Crippen MR) is 94.7 cm³/mol. The van der Waals surface area contributed by atoms with Crippen molar-refractivity contribution in [1.29, 1.82) is 0 Å². The summed E-state index contributed by atoms with van der Waals surface area (Å²) < 4.78 is 49.8. The molecule has 25 heavy (non-hydrogen) atoms. The van der Waals surface area contributed by atoms with Gasteiger partial charge in [0.05, 0.1) is 16.4 Å². The molecule has 0 aliphatic carbocycles. The van der Waals surface area contributed by atoms with Gasteiger partial charge >= 0.3 is 0 Å². The van der Waals surface area contributed by atoms with Crippen molar-refractivity contribution >= 4 is 31.5 Å². The number of sulfone groups is 1. The number of benzene rings is 1. The summed E-state index contributed by atoms with van der Waals surface area (Å²) in [6, 6.07) is 9.29. The highest BCUT2D eigenvalue weighted by atomic mass is 32.2. The second-order valence-corrected chi connectivity index (χ2v) is 9.88. The third-order valence-corrected chi connectivity index (χ3v) is 6.96. The van der Waals surface area contributed by atoms with Crippen LogP contribution in [0.3, 0.4) is 0 Å². The molecule has 1 atom stereocenters. The Balaban J connectivity index is 1.67. The van der Waals surface area contributed by atoms with E-state index in [-0.39, 0.29) is 28.3 Å². The number of aryl methyl sites for hydroxylation is 1. The van der Waals surface area contributed by atoms with Gasteiger partial charge in [0, 0.05) is 6.04 Å². The molecule has 134 valence electrons. The molecule has 2 heterocycles. The fourth-order valence-corrected chi connectivity index (χ4v) is 5.17. The average Bonchev–Trinajstić information content (AvgIpc) is 2.88. The molecule has 3 rings (SSSR count). The van der Waals surface area contributed by atoms with Crippen molar-refractivity contribution in [2.45, 2.75) is 24.3 Å². The van der Waals surface area contributed by atoms with Gasteiger partial charge < -0.3 is 5.32 Å². The van der Waals surface area contributed by atoms with E-state index in [0.29, 0.717) is 12.2 Å². The van der Waals surface area contributed by atoms with Crippen LogP contribution in [0.25, 0.3) is 0 Å². The van der Waals surface area contributed by atoms with Gasteiger partial charge in [0.1, 0.15) is 5.82 Å². The molecule has 0 spiro atoms. The standard InChI is InChI=1S/C15H18N4O4S2/c1-11-2-4-13(5-3-11)25(22,23)19-15-7-6-14(17-18-15)16-12-8-9-24(20,21)10-12/h2-7,12H,8-10H2,1H3,(H,16,17)(H,18,19). The van der Waals surface area contributed by atoms with Crippen molar-refractivity contribution in [2.24, 2.45) is 0 Å². The van der Waals surface area contributed by atoms with Crippen molar-refractivity contribution in [3.05, 3.63) is 42.0 Å². The van der Waals surface area contributed by atoms with Gasteiger partial charge in [0.15, 0.2) is 15.7 Å². The van der Waals surface area contributed by atoms with E-state index in [4.69, 9.17) is 0 Å². The number of aromatic nitrogens is 2. The third kappa shape index (κ3) is 4.45. The van der Waals surface area contributed by atoms with Gasteiger partial charge in [0.25, 0.3) is 10.0 Å². The van der Waals surface area contributed by atoms with Crippen LogP contribution in [0.4, 0.5) is 11.6 Å². The van der Waals surface area contributed by atoms with E-state index in [2.05, 4.69) is 20.2 Å². The monoisotopic (exact) mass is 382 g/mol. The van der Waals surface area contributed by atoms with Crippen LogP contribution < -0.4 is 10.0 Å². The first-order valence-corrected chi connectivity index (χ1v) is 10.9. The Morgan fingerprint density at radius 2 is 1.68 bits per heavy atom. The minimum absolute atomic E-state index is 0.0660. The molecule has 8 nitrogen and oxygen atoms in total. The summed E-state index contributed by atoms with van der Waals surface area (Å²) in [6.45, 7) is 1.87. The van der Waals surface area contributed by atoms with Crippen molar-refractivity contribution in [2.75, 3.05) is 21.5 Å². The molecule has 1 fully saturated rings. The Morgan fingerprint density at radius 3 is 2.24 bits per heavy atom. The first-order valence-electron chi connectivity index (χ1n) is 7.64. The van der Waals surface area contributed by atoms with Crippen LogP contribution in [-0.4, -0.2) is 44.6 Å². The summed E-state index contributed by atoms with van der Waals surface area (Å²) in [7, 11) is -6.72. The average molecular weight is 382 g/mol. The van der Waals surface area contributed by atoms with Crippen LogP contribution in [0.15, 0.2) is 41.3 Å². The summed E-state index contributed by atoms with van der Waals surface area (Å²) in [5.41, 5.74) is 0.961. The first kappa shape index (κ1) is 17.6. The van der Waals surface area contributed by atoms with E-state index in [1.807, 2.05) is 6.92 Å². The Labute approximate surface area is 146 Å². The number of hydrogen-bond acceptors (Lipinski definition) is 7. The van der Waals surface area contributed by atoms with Crippen LogP contribution in [-0.2, 0) is 19.9 Å². The molecule has 1 aliphatic heterocycles. The lowest BCUT2D eigenvalue weighted by Gasteiger charge is -2.11. The molecular weight excluding hydrogens is 364 g/mol. The summed E-state index contributed by atoms with van der Waals surface area (Å²) >= 11 is 0. The van der Waals surface area contributed by atoms with Gasteiger partial charge in [0.2, 0.25) is 0 Å². The maximum absolute atomic E-state index is 12.3. The van der Waals surface area contributed by atoms with Gasteiger partial charge in [-0.15, -0.1) is 10.2 Å². The number of sulfonamides is 1. The Morgan fingerprint density at radius 1 is 1.04 bits per heavy atom. The first-order chi connectivity index (χ1) is 11.7. The molecule has 10 heteroatoms. The van der Waals surface area contributed by atoms with Crippen molar-refractivity contribution in [1.82, 2.24) is 10.2 Å². The SMILES string of the molecule is Cc1ccc(S(=O)(=O)Nc2ccc(NC3CCS(=O)(=O)C3)nn2)cc1. The zero-order chi connectivity index (χ0) is 18.1. The molecule has 0 amide bonds. The zero-order valence-electron chi connectivity index (χ0n) is 13.5. The van der Waals surface area contributed by atoms with E-state index in [9.17, 15) is 16.8 Å². The smallest absolute Gasteiger partial charge is 0.263 e. The van der Waals surface area contributed by atoms with E-state index >= 15 is 0 Å². The van der Waals surface area contributed by atoms with Gasteiger partial charge in [-0.1, -0.05) is 17.7 Å². The molecule has 0 bridgehead atoms. The summed E-state index contributed by atoms with van der Waals surface area (Å²) in [5.74, 6) is 0.716. The highest BCUT2D eigenvalue weighted by molar-refractivity contribution is 7.92. The number of nitrogens with zero attached hydrogens (tertiary/aromatic N) is 2. The largest absolute Gasteiger partial charge is 0.365 e. The van der Waals surface area contributed by atoms with Crippen molar-refractivity contribution in [3.63, 3.8) is 0 Å². The number of anilines is 2. The van der Waals surface area contributed by atoms with Crippen molar-refractivity contribution < 1.29 is 16.8 Å². The lowest BCUT2D eigenvalue weighted by Crippen LogP contribution is -2.21. The summed E-state index contributed by atoms with van der Waals surface area (Å²) in [5, 5.41) is 10.7. The molecule has 1 unspecified atom stereocenters. The van der Waals surface area contributed by atoms with E-state index < -0.39 is 19.9 Å². The second kappa shape index (κ2) is 6.60. The van der Waals surface area contributed by atoms with E-state index in [1.165, 1.54) is 18.2 Å². The Hall–Kier alpha value is -2.20. The van der Waals surface area contributed by atoms with Gasteiger partial charge in [-0.25, -0.2) is 16.8 Å². The van der Waals surface area contributed by atoms with Crippen molar-refractivity contribution in [3.8, 4) is 0 Å². The molecule has 1 saturated heterocycles. The van der Waals surface area contributed by atoms with Crippen LogP contribution >= 0.6 is 0 Å². The molecule has 1 aromatic heterocycles. The van der Waals surface area contributed by atoms with Gasteiger partial charge in [-0.05, 0) is 37.6 Å². The molecular formula is C15H18N4O4S2. The maximum atomic E-state index is 12.3. The second-order valence-electron chi connectivity index (χ2n) is 5.97.